The van der Waals surface area contributed by atoms with Gasteiger partial charge in [0.1, 0.15) is 17.8 Å². The second-order valence-electron chi connectivity index (χ2n) is 7.03. The largest absolute Gasteiger partial charge is 0.394 e. The summed E-state index contributed by atoms with van der Waals surface area (Å²) in [5.74, 6) is 0.354. The number of rotatable bonds is 7. The Balaban J connectivity index is 1.46. The van der Waals surface area contributed by atoms with E-state index in [2.05, 4.69) is 20.6 Å². The van der Waals surface area contributed by atoms with E-state index in [1.165, 1.54) is 0 Å². The number of amides is 1. The monoisotopic (exact) mass is 427 g/mol. The highest BCUT2D eigenvalue weighted by atomic mass is 35.5. The molecule has 2 aromatic heterocycles. The fourth-order valence-electron chi connectivity index (χ4n) is 3.29. The summed E-state index contributed by atoms with van der Waals surface area (Å²) in [6.07, 6.45) is 5.85. The Hall–Kier alpha value is -2.94. The Morgan fingerprint density at radius 3 is 3.00 bits per heavy atom. The molecule has 1 amide bonds. The Bertz CT molecular complexity index is 1020. The molecule has 0 aliphatic carbocycles. The highest BCUT2D eigenvalue weighted by Crippen LogP contribution is 2.19. The molecular formula is C21H22ClN5O3. The van der Waals surface area contributed by atoms with Crippen molar-refractivity contribution < 1.29 is 14.6 Å². The first-order chi connectivity index (χ1) is 14.6. The minimum atomic E-state index is -0.577. The number of hydrogen-bond donors (Lipinski definition) is 3. The number of benzene rings is 1. The number of halogens is 1. The minimum absolute atomic E-state index is 0.242. The summed E-state index contributed by atoms with van der Waals surface area (Å²) < 4.78 is 7.13. The summed E-state index contributed by atoms with van der Waals surface area (Å²) in [6.45, 7) is 1.17. The summed E-state index contributed by atoms with van der Waals surface area (Å²) in [5, 5.41) is 16.4. The number of carbonyl (C=O) groups is 1. The summed E-state index contributed by atoms with van der Waals surface area (Å²) in [6, 6.07) is 10.4. The molecule has 9 heteroatoms. The molecule has 0 radical (unpaired) electrons. The number of carbonyl (C=O) groups excluding carboxylic acids is 1. The van der Waals surface area contributed by atoms with E-state index in [-0.39, 0.29) is 24.2 Å². The van der Waals surface area contributed by atoms with Crippen LogP contribution in [0, 0.1) is 0 Å². The third-order valence-electron chi connectivity index (χ3n) is 4.88. The molecule has 30 heavy (non-hydrogen) atoms. The van der Waals surface area contributed by atoms with Gasteiger partial charge < -0.3 is 25.0 Å². The van der Waals surface area contributed by atoms with Gasteiger partial charge in [0.2, 0.25) is 0 Å². The van der Waals surface area contributed by atoms with E-state index in [1.54, 1.807) is 47.6 Å². The molecule has 0 spiro atoms. The minimum Gasteiger partial charge on any atom is -0.394 e. The summed E-state index contributed by atoms with van der Waals surface area (Å²) in [5.41, 5.74) is 1.79. The first-order valence-electron chi connectivity index (χ1n) is 9.64. The van der Waals surface area contributed by atoms with Crippen LogP contribution in [0.2, 0.25) is 5.02 Å². The lowest BCUT2D eigenvalue weighted by molar-refractivity contribution is 0.0911. The van der Waals surface area contributed by atoms with Crippen molar-refractivity contribution in [2.45, 2.75) is 18.5 Å². The van der Waals surface area contributed by atoms with E-state index in [0.29, 0.717) is 11.6 Å². The number of aliphatic hydroxyl groups is 1. The van der Waals surface area contributed by atoms with Gasteiger partial charge in [-0.15, -0.1) is 0 Å². The molecule has 1 aromatic carbocycles. The molecule has 4 rings (SSSR count). The van der Waals surface area contributed by atoms with Gasteiger partial charge in [0, 0.05) is 30.1 Å². The lowest BCUT2D eigenvalue weighted by Crippen LogP contribution is -2.31. The van der Waals surface area contributed by atoms with Crippen LogP contribution in [0.1, 0.15) is 28.5 Å². The smallest absolute Gasteiger partial charge is 0.272 e. The van der Waals surface area contributed by atoms with E-state index in [1.807, 2.05) is 12.1 Å². The number of hydrogen-bond acceptors (Lipinski definition) is 6. The number of nitrogens with one attached hydrogen (secondary N) is 2. The van der Waals surface area contributed by atoms with Crippen molar-refractivity contribution in [2.75, 3.05) is 25.1 Å². The van der Waals surface area contributed by atoms with Crippen molar-refractivity contribution in [2.24, 2.45) is 0 Å². The van der Waals surface area contributed by atoms with Crippen LogP contribution in [0.5, 0.6) is 0 Å². The van der Waals surface area contributed by atoms with Crippen LogP contribution in [0.4, 0.5) is 5.82 Å². The molecule has 156 valence electrons. The van der Waals surface area contributed by atoms with Gasteiger partial charge in [-0.2, -0.15) is 0 Å². The summed E-state index contributed by atoms with van der Waals surface area (Å²) >= 11 is 6.01. The number of pyridine rings is 1. The van der Waals surface area contributed by atoms with Gasteiger partial charge in [-0.05, 0) is 30.2 Å². The van der Waals surface area contributed by atoms with Crippen molar-refractivity contribution in [1.29, 1.82) is 0 Å². The number of imidazole rings is 1. The quantitative estimate of drug-likeness (QED) is 0.535. The third kappa shape index (κ3) is 4.79. The second kappa shape index (κ2) is 9.25. The molecule has 1 aliphatic rings. The maximum absolute atomic E-state index is 12.6. The number of aliphatic hydroxyl groups excluding tert-OH is 1. The summed E-state index contributed by atoms with van der Waals surface area (Å²) in [4.78, 5) is 21.2. The molecule has 1 saturated heterocycles. The van der Waals surface area contributed by atoms with Crippen molar-refractivity contribution in [3.63, 3.8) is 0 Å². The van der Waals surface area contributed by atoms with Crippen molar-refractivity contribution in [3.05, 3.63) is 71.4 Å². The van der Waals surface area contributed by atoms with E-state index in [9.17, 15) is 9.90 Å². The number of ether oxygens (including phenoxy) is 1. The lowest BCUT2D eigenvalue weighted by Gasteiger charge is -2.16. The third-order valence-corrected chi connectivity index (χ3v) is 5.11. The maximum atomic E-state index is 12.6. The molecule has 3 aromatic rings. The number of anilines is 1. The Labute approximate surface area is 178 Å². The normalized spacial score (nSPS) is 16.9. The number of aromatic nitrogens is 3. The van der Waals surface area contributed by atoms with Crippen LogP contribution in [0.25, 0.3) is 5.69 Å². The van der Waals surface area contributed by atoms with Gasteiger partial charge >= 0.3 is 0 Å². The maximum Gasteiger partial charge on any atom is 0.272 e. The van der Waals surface area contributed by atoms with E-state index in [0.717, 1.165) is 30.1 Å². The van der Waals surface area contributed by atoms with Gasteiger partial charge in [-0.1, -0.05) is 23.7 Å². The molecule has 3 N–H and O–H groups in total. The van der Waals surface area contributed by atoms with Crippen LogP contribution in [-0.2, 0) is 4.74 Å². The molecule has 1 aliphatic heterocycles. The zero-order valence-electron chi connectivity index (χ0n) is 16.2. The molecule has 2 atom stereocenters. The standard InChI is InChI=1S/C21H22ClN5O3/c22-15-3-1-2-14(8-15)19(11-28)26-21(29)18-10-27(13-24-18)17-4-6-23-20(9-17)25-16-5-7-30-12-16/h1-4,6,8-10,13,16,19,28H,5,7,11-12H2,(H,23,25)(H,26,29)/t16?,19-/m1/s1. The molecule has 0 saturated carbocycles. The predicted octanol–water partition coefficient (Wildman–Crippen LogP) is 2.58. The molecular weight excluding hydrogens is 406 g/mol. The summed E-state index contributed by atoms with van der Waals surface area (Å²) in [7, 11) is 0. The second-order valence-corrected chi connectivity index (χ2v) is 7.47. The van der Waals surface area contributed by atoms with Gasteiger partial charge in [-0.25, -0.2) is 9.97 Å². The molecule has 0 bridgehead atoms. The van der Waals surface area contributed by atoms with Gasteiger partial charge in [0.25, 0.3) is 5.91 Å². The average Bonchev–Trinajstić information content (AvgIpc) is 3.44. The van der Waals surface area contributed by atoms with Crippen LogP contribution < -0.4 is 10.6 Å². The zero-order chi connectivity index (χ0) is 20.9. The van der Waals surface area contributed by atoms with Gasteiger partial charge in [-0.3, -0.25) is 4.79 Å². The zero-order valence-corrected chi connectivity index (χ0v) is 16.9. The van der Waals surface area contributed by atoms with Crippen molar-refractivity contribution in [3.8, 4) is 5.69 Å². The fraction of sp³-hybridized carbons (Fsp3) is 0.286. The lowest BCUT2D eigenvalue weighted by atomic mass is 10.1. The highest BCUT2D eigenvalue weighted by Gasteiger charge is 2.18. The van der Waals surface area contributed by atoms with Crippen molar-refractivity contribution in [1.82, 2.24) is 19.9 Å². The Morgan fingerprint density at radius 1 is 1.33 bits per heavy atom. The molecule has 3 heterocycles. The SMILES string of the molecule is O=C(N[C@H](CO)c1cccc(Cl)c1)c1cn(-c2ccnc(NC3CCOC3)c2)cn1. The topological polar surface area (TPSA) is 101 Å². The van der Waals surface area contributed by atoms with Crippen LogP contribution in [0.15, 0.2) is 55.1 Å². The van der Waals surface area contributed by atoms with E-state index in [4.69, 9.17) is 16.3 Å². The van der Waals surface area contributed by atoms with Crippen LogP contribution in [-0.4, -0.2) is 51.4 Å². The fourth-order valence-corrected chi connectivity index (χ4v) is 3.49. The van der Waals surface area contributed by atoms with E-state index >= 15 is 0 Å². The Morgan fingerprint density at radius 2 is 2.23 bits per heavy atom. The first kappa shape index (κ1) is 20.3. The van der Waals surface area contributed by atoms with Gasteiger partial charge in [0.05, 0.1) is 31.0 Å². The Kier molecular flexibility index (Phi) is 6.27. The molecule has 8 nitrogen and oxygen atoms in total. The first-order valence-corrected chi connectivity index (χ1v) is 10.0. The highest BCUT2D eigenvalue weighted by molar-refractivity contribution is 6.30. The number of nitrogens with zero attached hydrogens (tertiary/aromatic N) is 3. The average molecular weight is 428 g/mol. The molecule has 1 unspecified atom stereocenters. The van der Waals surface area contributed by atoms with E-state index < -0.39 is 6.04 Å². The van der Waals surface area contributed by atoms with Crippen LogP contribution in [0.3, 0.4) is 0 Å². The van der Waals surface area contributed by atoms with Crippen molar-refractivity contribution >= 4 is 23.3 Å². The van der Waals surface area contributed by atoms with Gasteiger partial charge in [0.15, 0.2) is 0 Å². The molecule has 1 fully saturated rings. The predicted molar refractivity (Wildman–Crippen MR) is 113 cm³/mol. The van der Waals surface area contributed by atoms with Crippen LogP contribution >= 0.6 is 11.6 Å².